The van der Waals surface area contributed by atoms with Gasteiger partial charge in [-0.1, -0.05) is 13.8 Å². The van der Waals surface area contributed by atoms with Gasteiger partial charge in [-0.2, -0.15) is 39.5 Å². The minimum absolute atomic E-state index is 0.287. The van der Waals surface area contributed by atoms with Crippen LogP contribution in [0.4, 0.5) is 39.5 Å². The third kappa shape index (κ3) is 3.82. The Morgan fingerprint density at radius 2 is 1.00 bits per heavy atom. The Labute approximate surface area is 113 Å². The van der Waals surface area contributed by atoms with Crippen LogP contribution in [0.15, 0.2) is 12.1 Å². The maximum Gasteiger partial charge on any atom is 0.416 e. The van der Waals surface area contributed by atoms with Crippen molar-refractivity contribution in [3.63, 3.8) is 0 Å². The van der Waals surface area contributed by atoms with E-state index in [1.807, 2.05) is 0 Å². The lowest BCUT2D eigenvalue weighted by molar-refractivity contribution is -0.149. The zero-order valence-corrected chi connectivity index (χ0v) is 10.6. The van der Waals surface area contributed by atoms with Crippen molar-refractivity contribution in [3.8, 4) is 0 Å². The maximum absolute atomic E-state index is 12.8. The van der Waals surface area contributed by atoms with Gasteiger partial charge < -0.3 is 0 Å². The zero-order chi connectivity index (χ0) is 16.8. The molecule has 9 heteroatoms. The molecule has 0 nitrogen and oxygen atoms in total. The molecule has 0 aromatic heterocycles. The van der Waals surface area contributed by atoms with E-state index in [0.717, 1.165) is 13.8 Å². The maximum atomic E-state index is 12.8. The Hall–Kier alpha value is -1.41. The molecule has 0 amide bonds. The van der Waals surface area contributed by atoms with E-state index in [2.05, 4.69) is 0 Å². The molecule has 1 rings (SSSR count). The van der Waals surface area contributed by atoms with Gasteiger partial charge in [-0.3, -0.25) is 0 Å². The number of benzene rings is 1. The van der Waals surface area contributed by atoms with Crippen LogP contribution in [0.25, 0.3) is 0 Å². The monoisotopic (exact) mass is 324 g/mol. The van der Waals surface area contributed by atoms with Crippen molar-refractivity contribution in [1.82, 2.24) is 0 Å². The van der Waals surface area contributed by atoms with Crippen molar-refractivity contribution in [2.24, 2.45) is 0 Å². The Kier molecular flexibility index (Phi) is 4.28. The quantitative estimate of drug-likeness (QED) is 0.567. The van der Waals surface area contributed by atoms with Crippen LogP contribution in [-0.2, 0) is 18.5 Å². The summed E-state index contributed by atoms with van der Waals surface area (Å²) < 4.78 is 114. The largest absolute Gasteiger partial charge is 0.416 e. The van der Waals surface area contributed by atoms with Crippen molar-refractivity contribution in [3.05, 3.63) is 34.4 Å². The Bertz CT molecular complexity index is 482. The van der Waals surface area contributed by atoms with Crippen molar-refractivity contribution in [2.75, 3.05) is 0 Å². The van der Waals surface area contributed by atoms with Gasteiger partial charge in [0.2, 0.25) is 0 Å². The van der Waals surface area contributed by atoms with Gasteiger partial charge in [0.15, 0.2) is 0 Å². The lowest BCUT2D eigenvalue weighted by Crippen LogP contribution is -2.20. The zero-order valence-electron chi connectivity index (χ0n) is 10.6. The molecule has 0 atom stereocenters. The van der Waals surface area contributed by atoms with Crippen LogP contribution in [0.2, 0.25) is 0 Å². The molecule has 0 bridgehead atoms. The van der Waals surface area contributed by atoms with E-state index < -0.39 is 46.7 Å². The Morgan fingerprint density at radius 1 is 0.667 bits per heavy atom. The molecule has 0 N–H and O–H groups in total. The molecule has 0 unspecified atom stereocenters. The highest BCUT2D eigenvalue weighted by atomic mass is 19.4. The second-order valence-corrected chi connectivity index (χ2v) is 4.63. The highest BCUT2D eigenvalue weighted by Gasteiger charge is 2.45. The number of hydrogen-bond acceptors (Lipinski definition) is 0. The van der Waals surface area contributed by atoms with Gasteiger partial charge in [0.25, 0.3) is 0 Å². The van der Waals surface area contributed by atoms with Gasteiger partial charge in [0, 0.05) is 0 Å². The Balaban J connectivity index is 3.85. The van der Waals surface area contributed by atoms with Crippen molar-refractivity contribution < 1.29 is 39.5 Å². The molecule has 21 heavy (non-hydrogen) atoms. The second-order valence-electron chi connectivity index (χ2n) is 4.63. The second kappa shape index (κ2) is 5.10. The summed E-state index contributed by atoms with van der Waals surface area (Å²) in [6.07, 6.45) is -15.9. The van der Waals surface area contributed by atoms with Gasteiger partial charge >= 0.3 is 18.5 Å². The highest BCUT2D eigenvalue weighted by Crippen LogP contribution is 2.45. The molecule has 120 valence electrons. The van der Waals surface area contributed by atoms with E-state index in [4.69, 9.17) is 0 Å². The van der Waals surface area contributed by atoms with Crippen molar-refractivity contribution >= 4 is 0 Å². The summed E-state index contributed by atoms with van der Waals surface area (Å²) in [5.41, 5.74) is -7.01. The van der Waals surface area contributed by atoms with Gasteiger partial charge in [0.05, 0.1) is 16.7 Å². The normalized spacial score (nSPS) is 13.9. The molecule has 1 aromatic rings. The molecule has 0 aliphatic carbocycles. The fraction of sp³-hybridized carbons (Fsp3) is 0.500. The number of hydrogen-bond donors (Lipinski definition) is 0. The average Bonchev–Trinajstić information content (AvgIpc) is 2.23. The van der Waals surface area contributed by atoms with Crippen LogP contribution in [0, 0.1) is 0 Å². The molecule has 1 aromatic carbocycles. The fourth-order valence-corrected chi connectivity index (χ4v) is 1.91. The minimum Gasteiger partial charge on any atom is -0.166 e. The topological polar surface area (TPSA) is 0 Å². The van der Waals surface area contributed by atoms with Gasteiger partial charge in [-0.05, 0) is 23.6 Å². The summed E-state index contributed by atoms with van der Waals surface area (Å²) in [6, 6.07) is -0.574. The summed E-state index contributed by atoms with van der Waals surface area (Å²) >= 11 is 0. The molecular formula is C12H9F9. The standard InChI is InChI=1S/C12H9F9/c1-5(2)9-7(11(16,17)18)3-6(10(13,14)15)4-8(9)12(19,20)21/h3-5H,1-2H3. The van der Waals surface area contributed by atoms with Crippen molar-refractivity contribution in [1.29, 1.82) is 0 Å². The molecule has 0 fully saturated rings. The smallest absolute Gasteiger partial charge is 0.166 e. The molecule has 0 heterocycles. The summed E-state index contributed by atoms with van der Waals surface area (Å²) in [7, 11) is 0. The summed E-state index contributed by atoms with van der Waals surface area (Å²) in [6.45, 7) is 2.10. The van der Waals surface area contributed by atoms with E-state index in [1.165, 1.54) is 0 Å². The predicted molar refractivity (Wildman–Crippen MR) is 55.5 cm³/mol. The molecule has 0 radical (unpaired) electrons. The van der Waals surface area contributed by atoms with E-state index in [0.29, 0.717) is 0 Å². The molecule has 0 spiro atoms. The number of halogens is 9. The number of alkyl halides is 9. The first-order valence-corrected chi connectivity index (χ1v) is 5.55. The average molecular weight is 324 g/mol. The first-order valence-electron chi connectivity index (χ1n) is 5.55. The molecule has 0 aliphatic rings. The van der Waals surface area contributed by atoms with E-state index in [1.54, 1.807) is 0 Å². The SMILES string of the molecule is CC(C)c1c(C(F)(F)F)cc(C(F)(F)F)cc1C(F)(F)F. The van der Waals surface area contributed by atoms with E-state index in [-0.39, 0.29) is 12.1 Å². The van der Waals surface area contributed by atoms with Crippen LogP contribution < -0.4 is 0 Å². The van der Waals surface area contributed by atoms with Crippen LogP contribution in [-0.4, -0.2) is 0 Å². The fourth-order valence-electron chi connectivity index (χ4n) is 1.91. The first kappa shape index (κ1) is 17.6. The van der Waals surface area contributed by atoms with Gasteiger partial charge in [-0.25, -0.2) is 0 Å². The van der Waals surface area contributed by atoms with Crippen LogP contribution in [0.1, 0.15) is 42.0 Å². The van der Waals surface area contributed by atoms with Gasteiger partial charge in [-0.15, -0.1) is 0 Å². The van der Waals surface area contributed by atoms with Crippen molar-refractivity contribution in [2.45, 2.75) is 38.3 Å². The third-order valence-electron chi connectivity index (χ3n) is 2.70. The Morgan fingerprint density at radius 3 is 1.19 bits per heavy atom. The van der Waals surface area contributed by atoms with Crippen LogP contribution in [0.3, 0.4) is 0 Å². The molecule has 0 aliphatic heterocycles. The van der Waals surface area contributed by atoms with Crippen LogP contribution in [0.5, 0.6) is 0 Å². The highest BCUT2D eigenvalue weighted by molar-refractivity contribution is 5.45. The molecule has 0 saturated carbocycles. The summed E-state index contributed by atoms with van der Waals surface area (Å²) in [5.74, 6) is -1.25. The molecular weight excluding hydrogens is 315 g/mol. The summed E-state index contributed by atoms with van der Waals surface area (Å²) in [4.78, 5) is 0. The third-order valence-corrected chi connectivity index (χ3v) is 2.70. The summed E-state index contributed by atoms with van der Waals surface area (Å²) in [5, 5.41) is 0. The lowest BCUT2D eigenvalue weighted by atomic mass is 9.89. The minimum atomic E-state index is -5.32. The van der Waals surface area contributed by atoms with E-state index >= 15 is 0 Å². The number of rotatable bonds is 1. The lowest BCUT2D eigenvalue weighted by Gasteiger charge is -2.23. The molecule has 0 saturated heterocycles. The van der Waals surface area contributed by atoms with E-state index in [9.17, 15) is 39.5 Å². The van der Waals surface area contributed by atoms with Crippen LogP contribution >= 0.6 is 0 Å². The predicted octanol–water partition coefficient (Wildman–Crippen LogP) is 5.87. The first-order chi connectivity index (χ1) is 9.15. The van der Waals surface area contributed by atoms with Gasteiger partial charge in [0.1, 0.15) is 0 Å².